The largest absolute Gasteiger partial charge is 0.493 e. The molecule has 2 aromatic heterocycles. The molecule has 2 atom stereocenters. The third-order valence-corrected chi connectivity index (χ3v) is 6.95. The number of hydrogen-bond donors (Lipinski definition) is 0. The highest BCUT2D eigenvalue weighted by molar-refractivity contribution is 5.87. The molecular formula is C25H26N2O6. The number of pyridine rings is 1. The predicted octanol–water partition coefficient (Wildman–Crippen LogP) is 2.47. The molecule has 1 fully saturated rings. The first-order valence-electron chi connectivity index (χ1n) is 11.1. The minimum atomic E-state index is -0.519. The number of methoxy groups -OCH3 is 2. The van der Waals surface area contributed by atoms with Crippen LogP contribution in [0.25, 0.3) is 11.0 Å². The van der Waals surface area contributed by atoms with Crippen molar-refractivity contribution in [2.45, 2.75) is 32.2 Å². The SMILES string of the molecule is COc1cc2oc(=O)c(CC(=O)N3C[C@H]4C[C@@H](C3)c3cccc(=O)n3C4)c(C)c2cc1OC. The van der Waals surface area contributed by atoms with Gasteiger partial charge in [0.1, 0.15) is 5.58 Å². The molecule has 1 aromatic carbocycles. The molecular weight excluding hydrogens is 424 g/mol. The van der Waals surface area contributed by atoms with Gasteiger partial charge < -0.3 is 23.4 Å². The Labute approximate surface area is 190 Å². The van der Waals surface area contributed by atoms with Crippen molar-refractivity contribution < 1.29 is 18.7 Å². The number of fused-ring (bicyclic) bond motifs is 5. The van der Waals surface area contributed by atoms with E-state index in [1.165, 1.54) is 7.11 Å². The number of hydrogen-bond acceptors (Lipinski definition) is 6. The number of piperidine rings is 1. The monoisotopic (exact) mass is 450 g/mol. The molecule has 0 spiro atoms. The Morgan fingerprint density at radius 2 is 1.85 bits per heavy atom. The summed E-state index contributed by atoms with van der Waals surface area (Å²) in [6, 6.07) is 8.72. The summed E-state index contributed by atoms with van der Waals surface area (Å²) in [6.45, 7) is 3.57. The van der Waals surface area contributed by atoms with E-state index < -0.39 is 5.63 Å². The topological polar surface area (TPSA) is 91.0 Å². The molecule has 8 heteroatoms. The molecule has 3 aromatic rings. The highest BCUT2D eigenvalue weighted by atomic mass is 16.5. The molecule has 1 amide bonds. The van der Waals surface area contributed by atoms with E-state index in [1.54, 1.807) is 31.4 Å². The maximum atomic E-state index is 13.3. The van der Waals surface area contributed by atoms with Gasteiger partial charge in [-0.2, -0.15) is 0 Å². The molecule has 2 bridgehead atoms. The number of benzene rings is 1. The van der Waals surface area contributed by atoms with Crippen molar-refractivity contribution in [1.29, 1.82) is 0 Å². The number of ether oxygens (including phenoxy) is 2. The van der Waals surface area contributed by atoms with Crippen LogP contribution in [0.1, 0.15) is 29.2 Å². The number of nitrogens with zero attached hydrogens (tertiary/aromatic N) is 2. The summed E-state index contributed by atoms with van der Waals surface area (Å²) in [5.74, 6) is 1.24. The smallest absolute Gasteiger partial charge is 0.340 e. The van der Waals surface area contributed by atoms with E-state index in [2.05, 4.69) is 0 Å². The molecule has 5 rings (SSSR count). The summed E-state index contributed by atoms with van der Waals surface area (Å²) < 4.78 is 18.1. The van der Waals surface area contributed by atoms with E-state index in [-0.39, 0.29) is 29.7 Å². The van der Waals surface area contributed by atoms with Crippen LogP contribution in [-0.4, -0.2) is 42.7 Å². The van der Waals surface area contributed by atoms with Crippen LogP contribution in [0.15, 0.2) is 44.3 Å². The van der Waals surface area contributed by atoms with Gasteiger partial charge in [-0.05, 0) is 37.0 Å². The average molecular weight is 450 g/mol. The molecule has 2 aliphatic heterocycles. The summed E-state index contributed by atoms with van der Waals surface area (Å²) in [7, 11) is 3.06. The van der Waals surface area contributed by atoms with Crippen LogP contribution in [0, 0.1) is 12.8 Å². The van der Waals surface area contributed by atoms with Gasteiger partial charge in [0, 0.05) is 48.8 Å². The molecule has 33 heavy (non-hydrogen) atoms. The summed E-state index contributed by atoms with van der Waals surface area (Å²) in [5.41, 5.74) is 1.92. The van der Waals surface area contributed by atoms with Gasteiger partial charge in [0.05, 0.1) is 26.2 Å². The van der Waals surface area contributed by atoms with E-state index in [0.29, 0.717) is 53.2 Å². The zero-order chi connectivity index (χ0) is 23.3. The highest BCUT2D eigenvalue weighted by Gasteiger charge is 2.36. The number of aryl methyl sites for hydroxylation is 1. The Hall–Kier alpha value is -3.55. The van der Waals surface area contributed by atoms with Crippen molar-refractivity contribution in [3.8, 4) is 11.5 Å². The molecule has 0 aliphatic carbocycles. The predicted molar refractivity (Wildman–Crippen MR) is 122 cm³/mol. The average Bonchev–Trinajstić information content (AvgIpc) is 2.81. The molecule has 8 nitrogen and oxygen atoms in total. The van der Waals surface area contributed by atoms with Crippen LogP contribution in [0.3, 0.4) is 0 Å². The third kappa shape index (κ3) is 3.59. The Morgan fingerprint density at radius 3 is 2.61 bits per heavy atom. The van der Waals surface area contributed by atoms with Gasteiger partial charge in [-0.25, -0.2) is 4.79 Å². The summed E-state index contributed by atoms with van der Waals surface area (Å²) in [6.07, 6.45) is 0.936. The van der Waals surface area contributed by atoms with E-state index in [0.717, 1.165) is 12.1 Å². The molecule has 0 N–H and O–H groups in total. The van der Waals surface area contributed by atoms with E-state index in [9.17, 15) is 14.4 Å². The zero-order valence-corrected chi connectivity index (χ0v) is 18.9. The number of amides is 1. The summed E-state index contributed by atoms with van der Waals surface area (Å²) >= 11 is 0. The van der Waals surface area contributed by atoms with Crippen molar-refractivity contribution in [1.82, 2.24) is 9.47 Å². The second kappa shape index (κ2) is 8.10. The van der Waals surface area contributed by atoms with Gasteiger partial charge in [0.25, 0.3) is 5.56 Å². The standard InChI is InChI=1S/C25H26N2O6/c1-14-17-8-21(31-2)22(32-3)10-20(17)33-25(30)18(14)9-24(29)26-11-15-7-16(13-26)19-5-4-6-23(28)27(19)12-15/h4-6,8,10,15-16H,7,9,11-13H2,1-3H3/t15-,16+/m1/s1. The van der Waals surface area contributed by atoms with Gasteiger partial charge in [0.15, 0.2) is 11.5 Å². The fraction of sp³-hybridized carbons (Fsp3) is 0.400. The fourth-order valence-electron chi connectivity index (χ4n) is 5.28. The fourth-order valence-corrected chi connectivity index (χ4v) is 5.28. The number of carbonyl (C=O) groups is 1. The summed E-state index contributed by atoms with van der Waals surface area (Å²) in [4.78, 5) is 40.1. The minimum Gasteiger partial charge on any atom is -0.493 e. The van der Waals surface area contributed by atoms with Crippen molar-refractivity contribution in [3.05, 3.63) is 67.9 Å². The Bertz CT molecular complexity index is 1370. The number of likely N-dealkylation sites (tertiary alicyclic amines) is 1. The van der Waals surface area contributed by atoms with Gasteiger partial charge in [0.2, 0.25) is 5.91 Å². The lowest BCUT2D eigenvalue weighted by atomic mass is 9.83. The quantitative estimate of drug-likeness (QED) is 0.567. The normalized spacial score (nSPS) is 19.3. The maximum absolute atomic E-state index is 13.3. The molecule has 1 saturated heterocycles. The van der Waals surface area contributed by atoms with Crippen LogP contribution in [0.2, 0.25) is 0 Å². The molecule has 0 radical (unpaired) electrons. The van der Waals surface area contributed by atoms with Gasteiger partial charge in [-0.1, -0.05) is 6.07 Å². The summed E-state index contributed by atoms with van der Waals surface area (Å²) in [5, 5.41) is 0.707. The third-order valence-electron chi connectivity index (χ3n) is 6.95. The first-order valence-corrected chi connectivity index (χ1v) is 11.1. The molecule has 2 aliphatic rings. The Balaban J connectivity index is 1.44. The van der Waals surface area contributed by atoms with Crippen LogP contribution < -0.4 is 20.7 Å². The molecule has 0 unspecified atom stereocenters. The van der Waals surface area contributed by atoms with Crippen LogP contribution in [0.4, 0.5) is 0 Å². The number of aromatic nitrogens is 1. The van der Waals surface area contributed by atoms with E-state index in [4.69, 9.17) is 13.9 Å². The maximum Gasteiger partial charge on any atom is 0.340 e. The van der Waals surface area contributed by atoms with Gasteiger partial charge in [-0.3, -0.25) is 9.59 Å². The zero-order valence-electron chi connectivity index (χ0n) is 18.9. The van der Waals surface area contributed by atoms with Crippen LogP contribution in [0.5, 0.6) is 11.5 Å². The number of carbonyl (C=O) groups excluding carboxylic acids is 1. The van der Waals surface area contributed by atoms with Crippen molar-refractivity contribution in [2.75, 3.05) is 27.3 Å². The Morgan fingerprint density at radius 1 is 1.09 bits per heavy atom. The lowest BCUT2D eigenvalue weighted by Crippen LogP contribution is -2.49. The molecule has 4 heterocycles. The minimum absolute atomic E-state index is 0.0124. The van der Waals surface area contributed by atoms with Crippen molar-refractivity contribution >= 4 is 16.9 Å². The Kier molecular flexibility index (Phi) is 5.23. The van der Waals surface area contributed by atoms with E-state index >= 15 is 0 Å². The molecule has 172 valence electrons. The lowest BCUT2D eigenvalue weighted by molar-refractivity contribution is -0.133. The second-order valence-electron chi connectivity index (χ2n) is 8.87. The lowest BCUT2D eigenvalue weighted by Gasteiger charge is -2.42. The first-order chi connectivity index (χ1) is 15.9. The first kappa shape index (κ1) is 21.3. The van der Waals surface area contributed by atoms with Crippen LogP contribution >= 0.6 is 0 Å². The molecule has 0 saturated carbocycles. The number of rotatable bonds is 4. The second-order valence-corrected chi connectivity index (χ2v) is 8.87. The van der Waals surface area contributed by atoms with Crippen molar-refractivity contribution in [3.63, 3.8) is 0 Å². The van der Waals surface area contributed by atoms with Crippen molar-refractivity contribution in [2.24, 2.45) is 5.92 Å². The van der Waals surface area contributed by atoms with Gasteiger partial charge >= 0.3 is 5.63 Å². The van der Waals surface area contributed by atoms with Crippen LogP contribution in [-0.2, 0) is 17.8 Å². The van der Waals surface area contributed by atoms with Gasteiger partial charge in [-0.15, -0.1) is 0 Å². The van der Waals surface area contributed by atoms with E-state index in [1.807, 2.05) is 22.5 Å². The highest BCUT2D eigenvalue weighted by Crippen LogP contribution is 2.36.